The number of benzene rings is 1. The minimum absolute atomic E-state index is 0.963. The summed E-state index contributed by atoms with van der Waals surface area (Å²) in [5.74, 6) is 0.963. The van der Waals surface area contributed by atoms with Crippen molar-refractivity contribution >= 4 is 28.4 Å². The first-order valence-corrected chi connectivity index (χ1v) is 5.18. The lowest BCUT2D eigenvalue weighted by molar-refractivity contribution is 1.35. The van der Waals surface area contributed by atoms with Crippen LogP contribution in [0.2, 0.25) is 0 Å². The van der Waals surface area contributed by atoms with E-state index in [2.05, 4.69) is 28.5 Å². The van der Waals surface area contributed by atoms with Gasteiger partial charge in [-0.25, -0.2) is 0 Å². The average Bonchev–Trinajstić information content (AvgIpc) is 2.65. The van der Waals surface area contributed by atoms with Crippen molar-refractivity contribution < 1.29 is 0 Å². The van der Waals surface area contributed by atoms with Crippen molar-refractivity contribution in [2.45, 2.75) is 4.90 Å². The maximum atomic E-state index is 4.39. The molecule has 2 nitrogen and oxygen atoms in total. The standard InChI is InChI=1S/C10H8N2S/c1-2-7-3-4-8-10(13-6-12-8)9(7)11-5-1/h1-5,12H,6H2. The van der Waals surface area contributed by atoms with Crippen LogP contribution in [0.1, 0.15) is 0 Å². The van der Waals surface area contributed by atoms with Gasteiger partial charge in [-0.05, 0) is 12.1 Å². The third-order valence-electron chi connectivity index (χ3n) is 2.21. The zero-order valence-corrected chi connectivity index (χ0v) is 7.77. The first kappa shape index (κ1) is 7.21. The molecule has 0 radical (unpaired) electrons. The van der Waals surface area contributed by atoms with Crippen LogP contribution in [0.4, 0.5) is 5.69 Å². The summed E-state index contributed by atoms with van der Waals surface area (Å²) in [5.41, 5.74) is 2.34. The van der Waals surface area contributed by atoms with E-state index in [-0.39, 0.29) is 0 Å². The largest absolute Gasteiger partial charge is 0.375 e. The Morgan fingerprint density at radius 1 is 1.31 bits per heavy atom. The molecule has 3 heteroatoms. The van der Waals surface area contributed by atoms with Gasteiger partial charge in [0.25, 0.3) is 0 Å². The number of anilines is 1. The molecule has 1 aromatic carbocycles. The van der Waals surface area contributed by atoms with Crippen LogP contribution >= 0.6 is 11.8 Å². The molecular weight excluding hydrogens is 180 g/mol. The Morgan fingerprint density at radius 2 is 2.31 bits per heavy atom. The van der Waals surface area contributed by atoms with Crippen LogP contribution in [0.3, 0.4) is 0 Å². The quantitative estimate of drug-likeness (QED) is 0.688. The Labute approximate surface area is 80.4 Å². The first-order chi connectivity index (χ1) is 6.45. The molecule has 0 atom stereocenters. The van der Waals surface area contributed by atoms with Gasteiger partial charge in [-0.3, -0.25) is 4.98 Å². The lowest BCUT2D eigenvalue weighted by atomic mass is 10.2. The molecule has 1 aliphatic heterocycles. The van der Waals surface area contributed by atoms with E-state index in [1.165, 1.54) is 16.0 Å². The third kappa shape index (κ3) is 1.00. The molecule has 2 aromatic rings. The maximum absolute atomic E-state index is 4.39. The second kappa shape index (κ2) is 2.64. The number of nitrogens with zero attached hydrogens (tertiary/aromatic N) is 1. The first-order valence-electron chi connectivity index (χ1n) is 4.19. The van der Waals surface area contributed by atoms with Crippen molar-refractivity contribution in [2.24, 2.45) is 0 Å². The van der Waals surface area contributed by atoms with E-state index < -0.39 is 0 Å². The Bertz CT molecular complexity index is 467. The zero-order chi connectivity index (χ0) is 8.67. The van der Waals surface area contributed by atoms with Gasteiger partial charge >= 0.3 is 0 Å². The molecule has 1 aromatic heterocycles. The molecule has 2 heterocycles. The fourth-order valence-electron chi connectivity index (χ4n) is 1.59. The third-order valence-corrected chi connectivity index (χ3v) is 3.20. The summed E-state index contributed by atoms with van der Waals surface area (Å²) >= 11 is 1.82. The Balaban J connectivity index is 2.43. The smallest absolute Gasteiger partial charge is 0.0859 e. The Kier molecular flexibility index (Phi) is 1.46. The van der Waals surface area contributed by atoms with Gasteiger partial charge in [-0.1, -0.05) is 12.1 Å². The van der Waals surface area contributed by atoms with Crippen molar-refractivity contribution in [3.05, 3.63) is 30.5 Å². The molecule has 0 fully saturated rings. The fraction of sp³-hybridized carbons (Fsp3) is 0.100. The highest BCUT2D eigenvalue weighted by Gasteiger charge is 2.13. The molecule has 64 valence electrons. The monoisotopic (exact) mass is 188 g/mol. The SMILES string of the molecule is c1cnc2c3c(ccc2c1)NCS3. The normalized spacial score (nSPS) is 14.2. The van der Waals surface area contributed by atoms with Gasteiger partial charge in [0.1, 0.15) is 0 Å². The molecule has 0 unspecified atom stereocenters. The van der Waals surface area contributed by atoms with Gasteiger partial charge < -0.3 is 5.32 Å². The number of fused-ring (bicyclic) bond motifs is 3. The molecule has 1 aliphatic rings. The molecule has 13 heavy (non-hydrogen) atoms. The maximum Gasteiger partial charge on any atom is 0.0859 e. The van der Waals surface area contributed by atoms with Crippen molar-refractivity contribution in [3.8, 4) is 0 Å². The van der Waals surface area contributed by atoms with E-state index in [1.807, 2.05) is 24.0 Å². The van der Waals surface area contributed by atoms with Gasteiger partial charge in [0.05, 0.1) is 22.0 Å². The molecular formula is C10H8N2S. The minimum atomic E-state index is 0.963. The van der Waals surface area contributed by atoms with E-state index >= 15 is 0 Å². The van der Waals surface area contributed by atoms with E-state index in [4.69, 9.17) is 0 Å². The number of hydrogen-bond acceptors (Lipinski definition) is 3. The lowest BCUT2D eigenvalue weighted by Gasteiger charge is -2.01. The minimum Gasteiger partial charge on any atom is -0.375 e. The molecule has 0 saturated carbocycles. The summed E-state index contributed by atoms with van der Waals surface area (Å²) in [6.07, 6.45) is 1.85. The molecule has 0 aliphatic carbocycles. The van der Waals surface area contributed by atoms with E-state index in [1.54, 1.807) is 0 Å². The van der Waals surface area contributed by atoms with Gasteiger partial charge in [-0.15, -0.1) is 11.8 Å². The Hall–Kier alpha value is -1.22. The van der Waals surface area contributed by atoms with Crippen molar-refractivity contribution in [1.29, 1.82) is 0 Å². The summed E-state index contributed by atoms with van der Waals surface area (Å²) in [4.78, 5) is 5.68. The summed E-state index contributed by atoms with van der Waals surface area (Å²) in [6, 6.07) is 8.31. The molecule has 3 rings (SSSR count). The highest BCUT2D eigenvalue weighted by molar-refractivity contribution is 8.00. The van der Waals surface area contributed by atoms with Crippen molar-refractivity contribution in [3.63, 3.8) is 0 Å². The van der Waals surface area contributed by atoms with Gasteiger partial charge in [0, 0.05) is 11.6 Å². The number of pyridine rings is 1. The van der Waals surface area contributed by atoms with Crippen molar-refractivity contribution in [2.75, 3.05) is 11.2 Å². The molecule has 0 saturated heterocycles. The number of aromatic nitrogens is 1. The van der Waals surface area contributed by atoms with Gasteiger partial charge in [0.2, 0.25) is 0 Å². The molecule has 1 N–H and O–H groups in total. The second-order valence-electron chi connectivity index (χ2n) is 2.98. The average molecular weight is 188 g/mol. The number of thioether (sulfide) groups is 1. The van der Waals surface area contributed by atoms with Crippen LogP contribution in [0.25, 0.3) is 10.9 Å². The summed E-state index contributed by atoms with van der Waals surface area (Å²) in [7, 11) is 0. The van der Waals surface area contributed by atoms with Gasteiger partial charge in [-0.2, -0.15) is 0 Å². The Morgan fingerprint density at radius 3 is 3.31 bits per heavy atom. The van der Waals surface area contributed by atoms with Gasteiger partial charge in [0.15, 0.2) is 0 Å². The van der Waals surface area contributed by atoms with E-state index in [9.17, 15) is 0 Å². The zero-order valence-electron chi connectivity index (χ0n) is 6.95. The molecule has 0 bridgehead atoms. The number of nitrogens with one attached hydrogen (secondary N) is 1. The van der Waals surface area contributed by atoms with Crippen LogP contribution in [-0.2, 0) is 0 Å². The van der Waals surface area contributed by atoms with E-state index in [0.717, 1.165) is 11.4 Å². The summed E-state index contributed by atoms with van der Waals surface area (Å²) in [6.45, 7) is 0. The number of hydrogen-bond donors (Lipinski definition) is 1. The highest BCUT2D eigenvalue weighted by atomic mass is 32.2. The van der Waals surface area contributed by atoms with Crippen LogP contribution in [0.5, 0.6) is 0 Å². The predicted octanol–water partition coefficient (Wildman–Crippen LogP) is 2.71. The van der Waals surface area contributed by atoms with Crippen LogP contribution in [-0.4, -0.2) is 10.9 Å². The topological polar surface area (TPSA) is 24.9 Å². The van der Waals surface area contributed by atoms with Crippen LogP contribution in [0.15, 0.2) is 35.4 Å². The van der Waals surface area contributed by atoms with Crippen LogP contribution in [0, 0.1) is 0 Å². The summed E-state index contributed by atoms with van der Waals surface area (Å²) in [5, 5.41) is 4.54. The second-order valence-corrected chi connectivity index (χ2v) is 3.97. The predicted molar refractivity (Wildman–Crippen MR) is 56.1 cm³/mol. The highest BCUT2D eigenvalue weighted by Crippen LogP contribution is 2.38. The number of rotatable bonds is 0. The van der Waals surface area contributed by atoms with E-state index in [0.29, 0.717) is 0 Å². The summed E-state index contributed by atoms with van der Waals surface area (Å²) < 4.78 is 0. The fourth-order valence-corrected chi connectivity index (χ4v) is 2.56. The molecule has 0 spiro atoms. The molecule has 0 amide bonds. The van der Waals surface area contributed by atoms with Crippen LogP contribution < -0.4 is 5.32 Å². The van der Waals surface area contributed by atoms with Crippen molar-refractivity contribution in [1.82, 2.24) is 4.98 Å². The lowest BCUT2D eigenvalue weighted by Crippen LogP contribution is -1.87.